The highest BCUT2D eigenvalue weighted by Crippen LogP contribution is 2.45. The molecule has 0 aliphatic heterocycles. The number of hydrogen-bond acceptors (Lipinski definition) is 4. The molecule has 0 aromatic heterocycles. The molecule has 1 aliphatic carbocycles. The third-order valence-corrected chi connectivity index (χ3v) is 4.26. The van der Waals surface area contributed by atoms with Gasteiger partial charge in [0.05, 0.1) is 6.10 Å². The zero-order valence-electron chi connectivity index (χ0n) is 13.3. The van der Waals surface area contributed by atoms with Crippen molar-refractivity contribution in [3.63, 3.8) is 0 Å². The minimum absolute atomic E-state index is 0.0791. The van der Waals surface area contributed by atoms with Crippen LogP contribution in [0.15, 0.2) is 22.3 Å². The molecule has 0 heterocycles. The number of allylic oxidation sites excluding steroid dienone is 1. The minimum atomic E-state index is -0.366. The van der Waals surface area contributed by atoms with Crippen LogP contribution in [0.25, 0.3) is 0 Å². The first-order valence-electron chi connectivity index (χ1n) is 7.29. The van der Waals surface area contributed by atoms with Crippen LogP contribution in [0, 0.1) is 5.92 Å². The molecule has 21 heavy (non-hydrogen) atoms. The second kappa shape index (κ2) is 9.94. The lowest BCUT2D eigenvalue weighted by Gasteiger charge is -2.40. The Morgan fingerprint density at radius 1 is 1.38 bits per heavy atom. The van der Waals surface area contributed by atoms with E-state index in [1.807, 2.05) is 6.08 Å². The van der Waals surface area contributed by atoms with Gasteiger partial charge in [0.15, 0.2) is 0 Å². The quantitative estimate of drug-likeness (QED) is 0.309. The van der Waals surface area contributed by atoms with E-state index in [2.05, 4.69) is 42.2 Å². The second-order valence-electron chi connectivity index (χ2n) is 5.34. The molecule has 0 N–H and O–H groups in total. The van der Waals surface area contributed by atoms with Crippen molar-refractivity contribution < 1.29 is 18.9 Å². The van der Waals surface area contributed by atoms with Crippen LogP contribution >= 0.6 is 22.6 Å². The highest BCUT2D eigenvalue weighted by atomic mass is 127. The van der Waals surface area contributed by atoms with Crippen molar-refractivity contribution in [2.45, 2.75) is 44.3 Å². The Morgan fingerprint density at radius 2 is 2.10 bits per heavy atom. The maximum Gasteiger partial charge on any atom is 0.147 e. The van der Waals surface area contributed by atoms with E-state index in [9.17, 15) is 0 Å². The first-order valence-corrected chi connectivity index (χ1v) is 8.36. The minimum Gasteiger partial charge on any atom is -0.359 e. The lowest BCUT2D eigenvalue weighted by molar-refractivity contribution is -0.216. The van der Waals surface area contributed by atoms with Gasteiger partial charge in [0.25, 0.3) is 0 Å². The number of hydrogen-bond donors (Lipinski definition) is 0. The first kappa shape index (κ1) is 19.1. The van der Waals surface area contributed by atoms with E-state index in [0.717, 1.165) is 25.7 Å². The Bertz CT molecular complexity index is 341. The molecule has 122 valence electrons. The Labute approximate surface area is 142 Å². The zero-order valence-corrected chi connectivity index (χ0v) is 15.4. The van der Waals surface area contributed by atoms with Crippen molar-refractivity contribution in [3.8, 4) is 0 Å². The van der Waals surface area contributed by atoms with Gasteiger partial charge in [-0.2, -0.15) is 0 Å². The van der Waals surface area contributed by atoms with Gasteiger partial charge in [-0.1, -0.05) is 12.2 Å². The van der Waals surface area contributed by atoms with Gasteiger partial charge in [-0.05, 0) is 58.8 Å². The summed E-state index contributed by atoms with van der Waals surface area (Å²) in [5.74, 6) is 0.325. The summed E-state index contributed by atoms with van der Waals surface area (Å²) in [7, 11) is 3.28. The molecule has 0 saturated heterocycles. The molecule has 1 aliphatic rings. The summed E-state index contributed by atoms with van der Waals surface area (Å²) in [5.41, 5.74) is -0.366. The van der Waals surface area contributed by atoms with E-state index in [1.165, 1.54) is 3.58 Å². The van der Waals surface area contributed by atoms with Crippen molar-refractivity contribution in [2.24, 2.45) is 5.92 Å². The van der Waals surface area contributed by atoms with Crippen LogP contribution in [-0.4, -0.2) is 39.5 Å². The highest BCUT2D eigenvalue weighted by Gasteiger charge is 2.49. The highest BCUT2D eigenvalue weighted by molar-refractivity contribution is 14.1. The normalized spacial score (nSPS) is 27.8. The van der Waals surface area contributed by atoms with Crippen molar-refractivity contribution in [2.75, 3.05) is 27.8 Å². The number of rotatable bonds is 10. The van der Waals surface area contributed by atoms with Gasteiger partial charge in [-0.3, -0.25) is 0 Å². The fraction of sp³-hybridized carbons (Fsp3) is 0.750. The van der Waals surface area contributed by atoms with E-state index in [-0.39, 0.29) is 25.3 Å². The van der Waals surface area contributed by atoms with E-state index >= 15 is 0 Å². The summed E-state index contributed by atoms with van der Waals surface area (Å²) >= 11 is 2.35. The lowest BCUT2D eigenvalue weighted by atomic mass is 9.83. The van der Waals surface area contributed by atoms with Crippen LogP contribution in [0.4, 0.5) is 0 Å². The zero-order chi connectivity index (χ0) is 15.7. The van der Waals surface area contributed by atoms with Crippen LogP contribution in [-0.2, 0) is 18.9 Å². The summed E-state index contributed by atoms with van der Waals surface area (Å²) in [5, 5.41) is 0. The summed E-state index contributed by atoms with van der Waals surface area (Å²) < 4.78 is 23.6. The lowest BCUT2D eigenvalue weighted by Crippen LogP contribution is -2.49. The van der Waals surface area contributed by atoms with Gasteiger partial charge in [0, 0.05) is 20.1 Å². The van der Waals surface area contributed by atoms with Crippen LogP contribution in [0.5, 0.6) is 0 Å². The molecule has 0 amide bonds. The maximum absolute atomic E-state index is 6.17. The van der Waals surface area contributed by atoms with Gasteiger partial charge >= 0.3 is 0 Å². The molecule has 1 unspecified atom stereocenters. The molecule has 0 aromatic rings. The molecule has 0 spiro atoms. The molecule has 5 heteroatoms. The van der Waals surface area contributed by atoms with Gasteiger partial charge in [0.2, 0.25) is 0 Å². The fourth-order valence-corrected chi connectivity index (χ4v) is 3.51. The fourth-order valence-electron chi connectivity index (χ4n) is 3.08. The van der Waals surface area contributed by atoms with Crippen molar-refractivity contribution >= 4 is 22.6 Å². The molecule has 4 nitrogen and oxygen atoms in total. The Balaban J connectivity index is 3.02. The van der Waals surface area contributed by atoms with Crippen LogP contribution in [0.1, 0.15) is 32.6 Å². The average Bonchev–Trinajstić information content (AvgIpc) is 2.84. The van der Waals surface area contributed by atoms with E-state index in [1.54, 1.807) is 14.2 Å². The van der Waals surface area contributed by atoms with Gasteiger partial charge in [-0.15, -0.1) is 6.58 Å². The number of ether oxygens (including phenoxy) is 4. The van der Waals surface area contributed by atoms with E-state index < -0.39 is 0 Å². The van der Waals surface area contributed by atoms with Crippen LogP contribution in [0.3, 0.4) is 0 Å². The summed E-state index contributed by atoms with van der Waals surface area (Å²) in [6.45, 7) is 6.50. The van der Waals surface area contributed by atoms with Crippen molar-refractivity contribution in [3.05, 3.63) is 22.3 Å². The number of halogens is 1. The third kappa shape index (κ3) is 5.32. The Hall–Kier alpha value is 0.0500. The SMILES string of the molecule is C=CCC(OCOC)[C@@]1(OCOC)CCC[C@@H]1/C=C(/C)I. The van der Waals surface area contributed by atoms with Gasteiger partial charge in [-0.25, -0.2) is 0 Å². The van der Waals surface area contributed by atoms with Crippen LogP contribution < -0.4 is 0 Å². The molecule has 1 fully saturated rings. The first-order chi connectivity index (χ1) is 10.1. The molecule has 3 atom stereocenters. The monoisotopic (exact) mass is 410 g/mol. The Kier molecular flexibility index (Phi) is 9.04. The Morgan fingerprint density at radius 3 is 2.67 bits per heavy atom. The molecule has 0 bridgehead atoms. The predicted molar refractivity (Wildman–Crippen MR) is 92.4 cm³/mol. The predicted octanol–water partition coefficient (Wildman–Crippen LogP) is 4.05. The van der Waals surface area contributed by atoms with E-state index in [0.29, 0.717) is 5.92 Å². The maximum atomic E-state index is 6.17. The third-order valence-electron chi connectivity index (χ3n) is 3.90. The molecule has 0 radical (unpaired) electrons. The number of methoxy groups -OCH3 is 2. The molecule has 0 aromatic carbocycles. The molecular weight excluding hydrogens is 383 g/mol. The van der Waals surface area contributed by atoms with E-state index in [4.69, 9.17) is 18.9 Å². The topological polar surface area (TPSA) is 36.9 Å². The molecule has 1 saturated carbocycles. The summed E-state index contributed by atoms with van der Waals surface area (Å²) in [6.07, 6.45) is 8.02. The smallest absolute Gasteiger partial charge is 0.147 e. The molecule has 1 rings (SSSR count). The molecular formula is C16H27IO4. The standard InChI is InChI=1S/C16H27IO4/c1-5-7-15(20-11-18-3)16(21-12-19-4)9-6-8-14(16)10-13(2)17/h5,10,14-15H,1,6-9,11-12H2,2-4H3/b13-10-/t14-,15?,16-/m1/s1. The van der Waals surface area contributed by atoms with Crippen molar-refractivity contribution in [1.29, 1.82) is 0 Å². The van der Waals surface area contributed by atoms with Crippen molar-refractivity contribution in [1.82, 2.24) is 0 Å². The van der Waals surface area contributed by atoms with Gasteiger partial charge in [0.1, 0.15) is 19.2 Å². The second-order valence-corrected chi connectivity index (χ2v) is 7.05. The van der Waals surface area contributed by atoms with Crippen LogP contribution in [0.2, 0.25) is 0 Å². The average molecular weight is 410 g/mol. The largest absolute Gasteiger partial charge is 0.359 e. The summed E-state index contributed by atoms with van der Waals surface area (Å²) in [4.78, 5) is 0. The van der Waals surface area contributed by atoms with Gasteiger partial charge < -0.3 is 18.9 Å². The summed E-state index contributed by atoms with van der Waals surface area (Å²) in [6, 6.07) is 0.